The van der Waals surface area contributed by atoms with Crippen molar-refractivity contribution in [2.24, 2.45) is 4.99 Å². The average molecular weight is 478 g/mol. The quantitative estimate of drug-likeness (QED) is 0.266. The fourth-order valence-electron chi connectivity index (χ4n) is 3.35. The molecule has 9 heteroatoms. The number of allylic oxidation sites excluding steroid dienone is 1. The zero-order valence-electron chi connectivity index (χ0n) is 18.8. The van der Waals surface area contributed by atoms with Crippen LogP contribution in [-0.4, -0.2) is 56.0 Å². The maximum atomic E-state index is 13.6. The summed E-state index contributed by atoms with van der Waals surface area (Å²) in [5, 5.41) is 20.5. The van der Waals surface area contributed by atoms with Crippen LogP contribution in [0.2, 0.25) is 0 Å². The zero-order valence-corrected chi connectivity index (χ0v) is 19.6. The van der Waals surface area contributed by atoms with Gasteiger partial charge in [-0.3, -0.25) is 4.99 Å². The van der Waals surface area contributed by atoms with Crippen LogP contribution < -0.4 is 9.64 Å². The van der Waals surface area contributed by atoms with E-state index in [0.717, 1.165) is 0 Å². The Kier molecular flexibility index (Phi) is 8.80. The summed E-state index contributed by atoms with van der Waals surface area (Å²) in [5.74, 6) is 1.41. The summed E-state index contributed by atoms with van der Waals surface area (Å²) in [7, 11) is 1.60. The van der Waals surface area contributed by atoms with E-state index >= 15 is 0 Å². The lowest BCUT2D eigenvalue weighted by atomic mass is 9.95. The van der Waals surface area contributed by atoms with Crippen LogP contribution in [0, 0.1) is 22.7 Å². The van der Waals surface area contributed by atoms with Gasteiger partial charge in [-0.15, -0.1) is 0 Å². The van der Waals surface area contributed by atoms with E-state index < -0.39 is 6.17 Å². The van der Waals surface area contributed by atoms with Crippen molar-refractivity contribution < 1.29 is 13.9 Å². The number of ether oxygens (including phenoxy) is 2. The molecule has 0 unspecified atom stereocenters. The molecule has 2 aromatic rings. The Morgan fingerprint density at radius 1 is 1.24 bits per heavy atom. The van der Waals surface area contributed by atoms with Gasteiger partial charge in [0, 0.05) is 24.6 Å². The second kappa shape index (κ2) is 12.0. The van der Waals surface area contributed by atoms with Crippen molar-refractivity contribution in [3.05, 3.63) is 60.8 Å². The second-order valence-corrected chi connectivity index (χ2v) is 8.22. The number of anilines is 1. The minimum absolute atomic E-state index is 0.152. The zero-order chi connectivity index (χ0) is 24.5. The Morgan fingerprint density at radius 2 is 1.94 bits per heavy atom. The fraction of sp³-hybridized carbons (Fsp3) is 0.280. The first-order chi connectivity index (χ1) is 16.6. The van der Waals surface area contributed by atoms with E-state index in [4.69, 9.17) is 9.47 Å². The van der Waals surface area contributed by atoms with Gasteiger partial charge in [-0.2, -0.15) is 10.5 Å². The van der Waals surface area contributed by atoms with Gasteiger partial charge in [0.1, 0.15) is 47.1 Å². The maximum Gasteiger partial charge on any atom is 0.148 e. The molecule has 0 atom stereocenters. The number of thioether (sulfide) groups is 1. The summed E-state index contributed by atoms with van der Waals surface area (Å²) in [6.07, 6.45) is 2.06. The van der Waals surface area contributed by atoms with Gasteiger partial charge in [-0.1, -0.05) is 37.1 Å². The van der Waals surface area contributed by atoms with Crippen molar-refractivity contribution in [2.75, 3.05) is 44.1 Å². The summed E-state index contributed by atoms with van der Waals surface area (Å²) >= 11 is 1.30. The van der Waals surface area contributed by atoms with Crippen molar-refractivity contribution in [3.63, 3.8) is 0 Å². The molecule has 0 spiro atoms. The third-order valence-corrected chi connectivity index (χ3v) is 6.06. The number of benzene rings is 1. The summed E-state index contributed by atoms with van der Waals surface area (Å²) in [6.45, 7) is 8.51. The van der Waals surface area contributed by atoms with Crippen LogP contribution in [0.15, 0.2) is 59.7 Å². The molecule has 0 aliphatic carbocycles. The Balaban J connectivity index is 2.09. The van der Waals surface area contributed by atoms with E-state index in [9.17, 15) is 14.9 Å². The summed E-state index contributed by atoms with van der Waals surface area (Å²) < 4.78 is 24.3. The topological polar surface area (TPSA) is 94.5 Å². The van der Waals surface area contributed by atoms with Crippen LogP contribution in [0.25, 0.3) is 11.1 Å². The molecule has 0 saturated carbocycles. The number of aromatic nitrogens is 1. The molecule has 0 amide bonds. The molecule has 174 valence electrons. The Morgan fingerprint density at radius 3 is 2.50 bits per heavy atom. The highest BCUT2D eigenvalue weighted by Crippen LogP contribution is 2.39. The highest BCUT2D eigenvalue weighted by Gasteiger charge is 2.32. The van der Waals surface area contributed by atoms with E-state index in [2.05, 4.69) is 35.3 Å². The van der Waals surface area contributed by atoms with Gasteiger partial charge in [-0.05, 0) is 23.8 Å². The van der Waals surface area contributed by atoms with E-state index in [1.807, 2.05) is 0 Å². The van der Waals surface area contributed by atoms with Crippen LogP contribution in [0.5, 0.6) is 5.75 Å². The number of alkyl halides is 1. The molecule has 0 bridgehead atoms. The number of pyridine rings is 1. The van der Waals surface area contributed by atoms with E-state index in [0.29, 0.717) is 52.4 Å². The summed E-state index contributed by atoms with van der Waals surface area (Å²) in [6, 6.07) is 11.5. The molecule has 1 aliphatic heterocycles. The first-order valence-electron chi connectivity index (χ1n) is 10.5. The molecule has 0 radical (unpaired) electrons. The third-order valence-electron chi connectivity index (χ3n) is 5.05. The molecule has 0 N–H and O–H groups in total. The fourth-order valence-corrected chi connectivity index (χ4v) is 4.27. The van der Waals surface area contributed by atoms with Gasteiger partial charge < -0.3 is 14.4 Å². The molecule has 1 aliphatic rings. The molecule has 1 saturated heterocycles. The van der Waals surface area contributed by atoms with Gasteiger partial charge >= 0.3 is 0 Å². The number of hydrogen-bond acceptors (Lipinski definition) is 8. The standard InChI is InChI=1S/C25H24FN5O2S/c1-4-19(29-5-2)16-34-25-22(13-28)23(17-6-8-20(9-7-17)33-11-10-32-3)21(12-27)24(30-25)31-14-18(26)15-31/h4-9,18H,1-2,10-11,14-16H2,3H3. The Hall–Kier alpha value is -3.66. The Labute approximate surface area is 202 Å². The molecule has 1 aromatic carbocycles. The van der Waals surface area contributed by atoms with Gasteiger partial charge in [0.15, 0.2) is 0 Å². The van der Waals surface area contributed by atoms with Gasteiger partial charge in [0.05, 0.1) is 31.0 Å². The predicted octanol–water partition coefficient (Wildman–Crippen LogP) is 4.54. The first-order valence-corrected chi connectivity index (χ1v) is 11.5. The SMILES string of the molecule is C=CN=C(C=C)CSc1nc(N2CC(F)C2)c(C#N)c(-c2ccc(OCCOC)cc2)c1C#N. The van der Waals surface area contributed by atoms with Gasteiger partial charge in [0.2, 0.25) is 0 Å². The van der Waals surface area contributed by atoms with E-state index in [1.165, 1.54) is 18.0 Å². The number of halogens is 1. The molecule has 3 rings (SSSR count). The second-order valence-electron chi connectivity index (χ2n) is 7.25. The van der Waals surface area contributed by atoms with E-state index in [1.54, 1.807) is 42.4 Å². The van der Waals surface area contributed by atoms with Crippen molar-refractivity contribution in [3.8, 4) is 29.0 Å². The van der Waals surface area contributed by atoms with Crippen LogP contribution >= 0.6 is 11.8 Å². The van der Waals surface area contributed by atoms with Gasteiger partial charge in [-0.25, -0.2) is 9.37 Å². The predicted molar refractivity (Wildman–Crippen MR) is 132 cm³/mol. The van der Waals surface area contributed by atoms with E-state index in [-0.39, 0.29) is 24.2 Å². The molecular formula is C25H24FN5O2S. The molecule has 2 heterocycles. The monoisotopic (exact) mass is 477 g/mol. The highest BCUT2D eigenvalue weighted by atomic mass is 32.2. The van der Waals surface area contributed by atoms with Crippen LogP contribution in [-0.2, 0) is 4.74 Å². The highest BCUT2D eigenvalue weighted by molar-refractivity contribution is 8.00. The molecular weight excluding hydrogens is 453 g/mol. The minimum Gasteiger partial charge on any atom is -0.491 e. The summed E-state index contributed by atoms with van der Waals surface area (Å²) in [5.41, 5.74) is 2.31. The maximum absolute atomic E-state index is 13.6. The van der Waals surface area contributed by atoms with Crippen molar-refractivity contribution in [1.29, 1.82) is 10.5 Å². The van der Waals surface area contributed by atoms with Crippen molar-refractivity contribution in [2.45, 2.75) is 11.2 Å². The number of nitrogens with zero attached hydrogens (tertiary/aromatic N) is 5. The number of aliphatic imine (C=N–C) groups is 1. The normalized spacial score (nSPS) is 13.5. The number of methoxy groups -OCH3 is 1. The summed E-state index contributed by atoms with van der Waals surface area (Å²) in [4.78, 5) is 10.5. The molecule has 1 aromatic heterocycles. The molecule has 34 heavy (non-hydrogen) atoms. The first kappa shape index (κ1) is 25.0. The number of nitriles is 2. The number of hydrogen-bond donors (Lipinski definition) is 0. The lowest BCUT2D eigenvalue weighted by molar-refractivity contribution is 0.146. The van der Waals surface area contributed by atoms with Gasteiger partial charge in [0.25, 0.3) is 0 Å². The van der Waals surface area contributed by atoms with Crippen molar-refractivity contribution in [1.82, 2.24) is 4.98 Å². The van der Waals surface area contributed by atoms with Crippen LogP contribution in [0.3, 0.4) is 0 Å². The largest absolute Gasteiger partial charge is 0.491 e. The van der Waals surface area contributed by atoms with Crippen LogP contribution in [0.4, 0.5) is 10.2 Å². The Bertz CT molecular complexity index is 1160. The third kappa shape index (κ3) is 5.63. The average Bonchev–Trinajstić information content (AvgIpc) is 2.84. The molecule has 1 fully saturated rings. The lowest BCUT2D eigenvalue weighted by Gasteiger charge is -2.36. The minimum atomic E-state index is -0.973. The van der Waals surface area contributed by atoms with Crippen LogP contribution in [0.1, 0.15) is 11.1 Å². The number of rotatable bonds is 11. The lowest BCUT2D eigenvalue weighted by Crippen LogP contribution is -2.49. The smallest absolute Gasteiger partial charge is 0.148 e. The molecule has 7 nitrogen and oxygen atoms in total. The van der Waals surface area contributed by atoms with Crippen molar-refractivity contribution >= 4 is 23.3 Å².